The van der Waals surface area contributed by atoms with Crippen molar-refractivity contribution in [2.24, 2.45) is 7.05 Å². The van der Waals surface area contributed by atoms with Gasteiger partial charge in [0, 0.05) is 11.1 Å². The number of pyridine rings is 1. The van der Waals surface area contributed by atoms with Crippen LogP contribution >= 0.6 is 0 Å². The van der Waals surface area contributed by atoms with E-state index in [2.05, 4.69) is 55.3 Å². The largest absolute Gasteiger partial charge is 0.504 e. The summed E-state index contributed by atoms with van der Waals surface area (Å²) in [5.74, 6) is 7.82. The molecule has 4 nitrogen and oxygen atoms in total. The fourth-order valence-corrected chi connectivity index (χ4v) is 3.52. The van der Waals surface area contributed by atoms with Crippen LogP contribution in [0.2, 0.25) is 0 Å². The molecule has 0 bridgehead atoms. The number of hydrogen-bond donors (Lipinski definition) is 1. The Labute approximate surface area is 190 Å². The Morgan fingerprint density at radius 3 is 2.47 bits per heavy atom. The molecular weight excluding hydrogens is 398 g/mol. The molecule has 0 aliphatic rings. The van der Waals surface area contributed by atoms with E-state index in [9.17, 15) is 5.11 Å². The van der Waals surface area contributed by atoms with Gasteiger partial charge < -0.3 is 14.6 Å². The highest BCUT2D eigenvalue weighted by Gasteiger charge is 2.05. The summed E-state index contributed by atoms with van der Waals surface area (Å²) < 4.78 is 12.6. The van der Waals surface area contributed by atoms with Crippen molar-refractivity contribution in [1.82, 2.24) is 0 Å². The Morgan fingerprint density at radius 1 is 0.969 bits per heavy atom. The molecule has 0 fully saturated rings. The van der Waals surface area contributed by atoms with Crippen molar-refractivity contribution in [2.75, 3.05) is 14.2 Å². The maximum atomic E-state index is 9.74. The number of aryl methyl sites for hydroxylation is 3. The SMILES string of the molecule is COc1cc(/C=C(\C)CCc2cc(C#Cc3ccc(O)c(OC)c3)c[n+](C)c2)ccc1C. The van der Waals surface area contributed by atoms with Crippen LogP contribution in [0.25, 0.3) is 6.08 Å². The number of aromatic hydroxyl groups is 1. The fraction of sp³-hybridized carbons (Fsp3) is 0.250. The fourth-order valence-electron chi connectivity index (χ4n) is 3.52. The molecule has 1 N–H and O–H groups in total. The molecule has 0 aliphatic heterocycles. The third-order valence-electron chi connectivity index (χ3n) is 5.24. The normalized spacial score (nSPS) is 11.0. The Morgan fingerprint density at radius 2 is 1.72 bits per heavy atom. The third kappa shape index (κ3) is 6.15. The molecule has 0 aliphatic carbocycles. The predicted octanol–water partition coefficient (Wildman–Crippen LogP) is 4.98. The van der Waals surface area contributed by atoms with Crippen molar-refractivity contribution in [3.8, 4) is 29.1 Å². The van der Waals surface area contributed by atoms with E-state index in [1.807, 2.05) is 24.7 Å². The van der Waals surface area contributed by atoms with Gasteiger partial charge in [-0.15, -0.1) is 0 Å². The predicted molar refractivity (Wildman–Crippen MR) is 128 cm³/mol. The first kappa shape index (κ1) is 23.0. The molecule has 0 atom stereocenters. The molecule has 2 aromatic carbocycles. The highest BCUT2D eigenvalue weighted by Crippen LogP contribution is 2.26. The lowest BCUT2D eigenvalue weighted by atomic mass is 10.0. The van der Waals surface area contributed by atoms with Crippen molar-refractivity contribution >= 4 is 6.08 Å². The van der Waals surface area contributed by atoms with Crippen LogP contribution in [-0.2, 0) is 13.5 Å². The average molecular weight is 429 g/mol. The molecule has 164 valence electrons. The van der Waals surface area contributed by atoms with Crippen LogP contribution in [0.3, 0.4) is 0 Å². The lowest BCUT2D eigenvalue weighted by Crippen LogP contribution is -2.28. The molecule has 0 saturated carbocycles. The van der Waals surface area contributed by atoms with E-state index in [1.54, 1.807) is 25.3 Å². The maximum Gasteiger partial charge on any atom is 0.184 e. The molecule has 1 heterocycles. The highest BCUT2D eigenvalue weighted by molar-refractivity contribution is 5.56. The Balaban J connectivity index is 1.72. The van der Waals surface area contributed by atoms with E-state index in [-0.39, 0.29) is 5.75 Å². The monoisotopic (exact) mass is 428 g/mol. The van der Waals surface area contributed by atoms with E-state index < -0.39 is 0 Å². The minimum Gasteiger partial charge on any atom is -0.504 e. The van der Waals surface area contributed by atoms with Gasteiger partial charge in [-0.1, -0.05) is 35.6 Å². The van der Waals surface area contributed by atoms with Gasteiger partial charge in [0.2, 0.25) is 0 Å². The van der Waals surface area contributed by atoms with Crippen molar-refractivity contribution in [2.45, 2.75) is 26.7 Å². The number of hydrogen-bond acceptors (Lipinski definition) is 3. The molecule has 32 heavy (non-hydrogen) atoms. The van der Waals surface area contributed by atoms with Crippen molar-refractivity contribution in [1.29, 1.82) is 0 Å². The van der Waals surface area contributed by atoms with Gasteiger partial charge in [0.25, 0.3) is 0 Å². The molecule has 0 spiro atoms. The molecule has 3 aromatic rings. The quantitative estimate of drug-likeness (QED) is 0.445. The lowest BCUT2D eigenvalue weighted by molar-refractivity contribution is -0.672. The summed E-state index contributed by atoms with van der Waals surface area (Å²) in [6, 6.07) is 13.5. The number of ether oxygens (including phenoxy) is 2. The zero-order valence-electron chi connectivity index (χ0n) is 19.4. The molecule has 0 radical (unpaired) electrons. The van der Waals surface area contributed by atoms with Crippen LogP contribution in [0, 0.1) is 18.8 Å². The van der Waals surface area contributed by atoms with E-state index in [0.29, 0.717) is 5.75 Å². The molecule has 3 rings (SSSR count). The van der Waals surface area contributed by atoms with Crippen LogP contribution in [0.15, 0.2) is 60.4 Å². The van der Waals surface area contributed by atoms with E-state index in [1.165, 1.54) is 18.2 Å². The van der Waals surface area contributed by atoms with Crippen LogP contribution in [0.5, 0.6) is 17.2 Å². The number of phenolic OH excluding ortho intramolecular Hbond substituents is 1. The van der Waals surface area contributed by atoms with Crippen molar-refractivity contribution in [3.05, 3.63) is 88.2 Å². The first-order valence-corrected chi connectivity index (χ1v) is 10.6. The molecule has 0 unspecified atom stereocenters. The zero-order chi connectivity index (χ0) is 23.1. The minimum atomic E-state index is 0.110. The number of phenols is 1. The number of nitrogens with zero attached hydrogens (tertiary/aromatic N) is 1. The van der Waals surface area contributed by atoms with Crippen LogP contribution in [-0.4, -0.2) is 19.3 Å². The summed E-state index contributed by atoms with van der Waals surface area (Å²) in [6.07, 6.45) is 8.25. The van der Waals surface area contributed by atoms with Gasteiger partial charge in [0.05, 0.1) is 19.8 Å². The summed E-state index contributed by atoms with van der Waals surface area (Å²) >= 11 is 0. The van der Waals surface area contributed by atoms with Gasteiger partial charge in [-0.2, -0.15) is 0 Å². The smallest absolute Gasteiger partial charge is 0.184 e. The topological polar surface area (TPSA) is 42.6 Å². The minimum absolute atomic E-state index is 0.110. The van der Waals surface area contributed by atoms with Gasteiger partial charge in [0.15, 0.2) is 23.9 Å². The Kier molecular flexibility index (Phi) is 7.57. The summed E-state index contributed by atoms with van der Waals surface area (Å²) in [6.45, 7) is 4.21. The Hall–Kier alpha value is -3.71. The van der Waals surface area contributed by atoms with Crippen LogP contribution < -0.4 is 14.0 Å². The number of aromatic nitrogens is 1. The Bertz CT molecular complexity index is 1200. The first-order valence-electron chi connectivity index (χ1n) is 10.6. The van der Waals surface area contributed by atoms with Gasteiger partial charge in [-0.05, 0) is 68.1 Å². The standard InChI is InChI=1S/C28H29NO3/c1-20(14-23-9-7-21(2)27(17-23)31-4)6-8-24-15-25(19-29(3)18-24)11-10-22-12-13-26(30)28(16-22)32-5/h7,9,12-19H,6,8H2,1-5H3/p+1/b20-14+. The molecule has 0 amide bonds. The van der Waals surface area contributed by atoms with E-state index in [4.69, 9.17) is 9.47 Å². The van der Waals surface area contributed by atoms with Gasteiger partial charge in [-0.3, -0.25) is 0 Å². The number of methoxy groups -OCH3 is 2. The summed E-state index contributed by atoms with van der Waals surface area (Å²) in [4.78, 5) is 0. The van der Waals surface area contributed by atoms with Crippen molar-refractivity contribution in [3.63, 3.8) is 0 Å². The summed E-state index contributed by atoms with van der Waals surface area (Å²) in [7, 11) is 5.25. The van der Waals surface area contributed by atoms with E-state index in [0.717, 1.165) is 40.8 Å². The number of rotatable bonds is 6. The molecule has 1 aromatic heterocycles. The molecule has 4 heteroatoms. The van der Waals surface area contributed by atoms with E-state index >= 15 is 0 Å². The number of benzene rings is 2. The molecular formula is C28H30NO3+. The van der Waals surface area contributed by atoms with Gasteiger partial charge >= 0.3 is 0 Å². The average Bonchev–Trinajstić information content (AvgIpc) is 2.78. The second-order valence-electron chi connectivity index (χ2n) is 7.95. The highest BCUT2D eigenvalue weighted by atomic mass is 16.5. The van der Waals surface area contributed by atoms with Gasteiger partial charge in [-0.25, -0.2) is 4.57 Å². The second kappa shape index (κ2) is 10.5. The second-order valence-corrected chi connectivity index (χ2v) is 7.95. The van der Waals surface area contributed by atoms with Crippen LogP contribution in [0.4, 0.5) is 0 Å². The lowest BCUT2D eigenvalue weighted by Gasteiger charge is -2.07. The van der Waals surface area contributed by atoms with Gasteiger partial charge in [0.1, 0.15) is 12.8 Å². The maximum absolute atomic E-state index is 9.74. The molecule has 0 saturated heterocycles. The first-order chi connectivity index (χ1) is 15.4. The van der Waals surface area contributed by atoms with Crippen molar-refractivity contribution < 1.29 is 19.1 Å². The zero-order valence-corrected chi connectivity index (χ0v) is 19.4. The third-order valence-corrected chi connectivity index (χ3v) is 5.24. The number of allylic oxidation sites excluding steroid dienone is 1. The summed E-state index contributed by atoms with van der Waals surface area (Å²) in [5, 5.41) is 9.74. The van der Waals surface area contributed by atoms with Crippen LogP contribution in [0.1, 0.15) is 41.2 Å². The summed E-state index contributed by atoms with van der Waals surface area (Å²) in [5.41, 5.74) is 6.57.